The van der Waals surface area contributed by atoms with E-state index in [9.17, 15) is 4.39 Å². The van der Waals surface area contributed by atoms with E-state index in [-0.39, 0.29) is 5.82 Å². The van der Waals surface area contributed by atoms with Crippen LogP contribution in [0.25, 0.3) is 0 Å². The molecule has 1 fully saturated rings. The Morgan fingerprint density at radius 1 is 0.964 bits per heavy atom. The fraction of sp³-hybridized carbons (Fsp3) is 0.478. The molecule has 0 saturated carbocycles. The summed E-state index contributed by atoms with van der Waals surface area (Å²) in [5.41, 5.74) is 1.20. The van der Waals surface area contributed by atoms with Crippen LogP contribution >= 0.6 is 0 Å². The predicted octanol–water partition coefficient (Wildman–Crippen LogP) is 4.50. The second-order valence-corrected chi connectivity index (χ2v) is 7.30. The molecule has 152 valence electrons. The number of likely N-dealkylation sites (tertiary alicyclic amines) is 1. The van der Waals surface area contributed by atoms with Crippen LogP contribution in [-0.2, 0) is 15.9 Å². The maximum Gasteiger partial charge on any atom is 0.233 e. The molecule has 28 heavy (non-hydrogen) atoms. The van der Waals surface area contributed by atoms with Crippen LogP contribution in [-0.4, -0.2) is 44.7 Å². The van der Waals surface area contributed by atoms with Crippen molar-refractivity contribution in [3.05, 3.63) is 66.0 Å². The first-order valence-electron chi connectivity index (χ1n) is 9.93. The van der Waals surface area contributed by atoms with E-state index in [0.717, 1.165) is 38.1 Å². The Morgan fingerprint density at radius 2 is 1.61 bits per heavy atom. The summed E-state index contributed by atoms with van der Waals surface area (Å²) in [5.74, 6) is 0.367. The lowest BCUT2D eigenvalue weighted by molar-refractivity contribution is -0.299. The third kappa shape index (κ3) is 5.31. The predicted molar refractivity (Wildman–Crippen MR) is 108 cm³/mol. The Hall–Kier alpha value is -1.95. The van der Waals surface area contributed by atoms with Gasteiger partial charge in [-0.25, -0.2) is 4.39 Å². The standard InChI is InChI=1S/C23H30FNO3/c1-26-23(27-2,18-20-6-4-3-5-7-20)25-15-12-19(13-16-25)14-17-28-22-10-8-21(24)9-11-22/h3-11,19H,12-18H2,1-2H3. The van der Waals surface area contributed by atoms with E-state index in [1.165, 1.54) is 17.7 Å². The molecule has 0 spiro atoms. The van der Waals surface area contributed by atoms with Crippen molar-refractivity contribution in [2.24, 2.45) is 5.92 Å². The molecule has 0 aliphatic carbocycles. The van der Waals surface area contributed by atoms with Crippen molar-refractivity contribution in [2.45, 2.75) is 31.6 Å². The van der Waals surface area contributed by atoms with Crippen molar-refractivity contribution in [1.29, 1.82) is 0 Å². The van der Waals surface area contributed by atoms with Crippen LogP contribution in [0.15, 0.2) is 54.6 Å². The molecule has 1 saturated heterocycles. The average molecular weight is 387 g/mol. The molecule has 2 aromatic rings. The number of ether oxygens (including phenoxy) is 3. The van der Waals surface area contributed by atoms with Gasteiger partial charge in [0.2, 0.25) is 5.91 Å². The zero-order chi connectivity index (χ0) is 19.8. The molecule has 2 aromatic carbocycles. The fourth-order valence-corrected chi connectivity index (χ4v) is 3.89. The SMILES string of the molecule is COC(Cc1ccccc1)(OC)N1CCC(CCOc2ccc(F)cc2)CC1. The minimum atomic E-state index is -0.725. The molecule has 0 unspecified atom stereocenters. The van der Waals surface area contributed by atoms with E-state index in [1.807, 2.05) is 18.2 Å². The summed E-state index contributed by atoms with van der Waals surface area (Å²) in [7, 11) is 3.43. The first-order valence-corrected chi connectivity index (χ1v) is 9.93. The number of hydrogen-bond acceptors (Lipinski definition) is 4. The second kappa shape index (κ2) is 10.0. The average Bonchev–Trinajstić information content (AvgIpc) is 2.75. The lowest BCUT2D eigenvalue weighted by Crippen LogP contribution is -2.56. The van der Waals surface area contributed by atoms with Crippen LogP contribution < -0.4 is 4.74 Å². The molecular weight excluding hydrogens is 357 g/mol. The molecule has 4 nitrogen and oxygen atoms in total. The minimum absolute atomic E-state index is 0.241. The van der Waals surface area contributed by atoms with Gasteiger partial charge in [0.15, 0.2) is 0 Å². The van der Waals surface area contributed by atoms with Crippen LogP contribution in [0, 0.1) is 11.7 Å². The third-order valence-corrected chi connectivity index (χ3v) is 5.61. The summed E-state index contributed by atoms with van der Waals surface area (Å²) in [4.78, 5) is 2.30. The Bertz CT molecular complexity index is 696. The molecule has 3 rings (SSSR count). The van der Waals surface area contributed by atoms with Gasteiger partial charge in [0.1, 0.15) is 11.6 Å². The first kappa shape index (κ1) is 20.8. The Kier molecular flexibility index (Phi) is 7.43. The number of benzene rings is 2. The first-order chi connectivity index (χ1) is 13.6. The summed E-state index contributed by atoms with van der Waals surface area (Å²) < 4.78 is 30.4. The van der Waals surface area contributed by atoms with Gasteiger partial charge in [-0.05, 0) is 55.0 Å². The summed E-state index contributed by atoms with van der Waals surface area (Å²) >= 11 is 0. The van der Waals surface area contributed by atoms with E-state index in [2.05, 4.69) is 17.0 Å². The van der Waals surface area contributed by atoms with Crippen LogP contribution in [0.2, 0.25) is 0 Å². The summed E-state index contributed by atoms with van der Waals surface area (Å²) in [6.07, 6.45) is 3.85. The Balaban J connectivity index is 1.49. The van der Waals surface area contributed by atoms with Crippen molar-refractivity contribution in [3.63, 3.8) is 0 Å². The number of methoxy groups -OCH3 is 2. The van der Waals surface area contributed by atoms with Crippen molar-refractivity contribution in [2.75, 3.05) is 33.9 Å². The maximum atomic E-state index is 12.9. The van der Waals surface area contributed by atoms with Gasteiger partial charge in [0.25, 0.3) is 0 Å². The fourth-order valence-electron chi connectivity index (χ4n) is 3.89. The molecule has 1 aliphatic heterocycles. The van der Waals surface area contributed by atoms with Gasteiger partial charge in [-0.2, -0.15) is 0 Å². The molecule has 0 aromatic heterocycles. The van der Waals surface area contributed by atoms with Gasteiger partial charge in [0, 0.05) is 33.7 Å². The van der Waals surface area contributed by atoms with Crippen molar-refractivity contribution < 1.29 is 18.6 Å². The zero-order valence-corrected chi connectivity index (χ0v) is 16.8. The number of rotatable bonds is 9. The lowest BCUT2D eigenvalue weighted by Gasteiger charge is -2.44. The quantitative estimate of drug-likeness (QED) is 0.593. The van der Waals surface area contributed by atoms with E-state index < -0.39 is 5.91 Å². The van der Waals surface area contributed by atoms with E-state index in [4.69, 9.17) is 14.2 Å². The smallest absolute Gasteiger partial charge is 0.233 e. The minimum Gasteiger partial charge on any atom is -0.494 e. The van der Waals surface area contributed by atoms with E-state index >= 15 is 0 Å². The molecule has 5 heteroatoms. The van der Waals surface area contributed by atoms with Gasteiger partial charge >= 0.3 is 0 Å². The molecule has 0 amide bonds. The topological polar surface area (TPSA) is 30.9 Å². The normalized spacial score (nSPS) is 16.2. The lowest BCUT2D eigenvalue weighted by atomic mass is 9.93. The van der Waals surface area contributed by atoms with Gasteiger partial charge < -0.3 is 14.2 Å². The monoisotopic (exact) mass is 387 g/mol. The largest absolute Gasteiger partial charge is 0.494 e. The highest BCUT2D eigenvalue weighted by Gasteiger charge is 2.39. The highest BCUT2D eigenvalue weighted by atomic mass is 19.1. The van der Waals surface area contributed by atoms with Crippen molar-refractivity contribution in [3.8, 4) is 5.75 Å². The third-order valence-electron chi connectivity index (χ3n) is 5.61. The van der Waals surface area contributed by atoms with Gasteiger partial charge in [-0.3, -0.25) is 4.90 Å². The Labute approximate surface area is 167 Å². The molecular formula is C23H30FNO3. The number of hydrogen-bond donors (Lipinski definition) is 0. The van der Waals surface area contributed by atoms with Gasteiger partial charge in [0.05, 0.1) is 6.61 Å². The van der Waals surface area contributed by atoms with Gasteiger partial charge in [-0.1, -0.05) is 30.3 Å². The van der Waals surface area contributed by atoms with E-state index in [0.29, 0.717) is 18.9 Å². The van der Waals surface area contributed by atoms with Gasteiger partial charge in [-0.15, -0.1) is 0 Å². The maximum absolute atomic E-state index is 12.9. The summed E-state index contributed by atoms with van der Waals surface area (Å²) in [6, 6.07) is 16.5. The summed E-state index contributed by atoms with van der Waals surface area (Å²) in [5, 5.41) is 0. The van der Waals surface area contributed by atoms with Crippen molar-refractivity contribution >= 4 is 0 Å². The Morgan fingerprint density at radius 3 is 2.21 bits per heavy atom. The number of piperidine rings is 1. The van der Waals surface area contributed by atoms with Crippen LogP contribution in [0.3, 0.4) is 0 Å². The molecule has 0 bridgehead atoms. The molecule has 0 radical (unpaired) electrons. The second-order valence-electron chi connectivity index (χ2n) is 7.30. The molecule has 0 N–H and O–H groups in total. The van der Waals surface area contributed by atoms with E-state index in [1.54, 1.807) is 26.4 Å². The van der Waals surface area contributed by atoms with Crippen molar-refractivity contribution in [1.82, 2.24) is 4.90 Å². The van der Waals surface area contributed by atoms with Crippen LogP contribution in [0.4, 0.5) is 4.39 Å². The highest BCUT2D eigenvalue weighted by Crippen LogP contribution is 2.30. The number of nitrogens with zero attached hydrogens (tertiary/aromatic N) is 1. The molecule has 0 atom stereocenters. The van der Waals surface area contributed by atoms with Crippen LogP contribution in [0.1, 0.15) is 24.8 Å². The summed E-state index contributed by atoms with van der Waals surface area (Å²) in [6.45, 7) is 2.51. The molecule has 1 heterocycles. The number of halogens is 1. The molecule has 1 aliphatic rings. The zero-order valence-electron chi connectivity index (χ0n) is 16.8. The van der Waals surface area contributed by atoms with Crippen LogP contribution in [0.5, 0.6) is 5.75 Å². The highest BCUT2D eigenvalue weighted by molar-refractivity contribution is 5.22.